The third kappa shape index (κ3) is 4.25. The molecule has 0 unspecified atom stereocenters. The predicted octanol–water partition coefficient (Wildman–Crippen LogP) is 2.04. The molecule has 0 amide bonds. The molecule has 0 bridgehead atoms. The number of hydrogen-bond acceptors (Lipinski definition) is 6. The Kier molecular flexibility index (Phi) is 5.15. The molecule has 0 radical (unpaired) electrons. The van der Waals surface area contributed by atoms with Crippen molar-refractivity contribution in [2.45, 2.75) is 13.5 Å². The van der Waals surface area contributed by atoms with Crippen LogP contribution in [0.4, 0.5) is 11.8 Å². The summed E-state index contributed by atoms with van der Waals surface area (Å²) in [6.07, 6.45) is 0. The second-order valence-electron chi connectivity index (χ2n) is 6.63. The fourth-order valence-corrected chi connectivity index (χ4v) is 2.96. The van der Waals surface area contributed by atoms with Crippen molar-refractivity contribution in [3.05, 3.63) is 47.2 Å². The lowest BCUT2D eigenvalue weighted by Crippen LogP contribution is -2.46. The summed E-state index contributed by atoms with van der Waals surface area (Å²) in [7, 11) is 4.00. The van der Waals surface area contributed by atoms with E-state index in [1.165, 1.54) is 5.56 Å². The van der Waals surface area contributed by atoms with E-state index >= 15 is 0 Å². The topological polar surface area (TPSA) is 59.3 Å². The summed E-state index contributed by atoms with van der Waals surface area (Å²) < 4.78 is 0. The Morgan fingerprint density at radius 1 is 1.08 bits per heavy atom. The highest BCUT2D eigenvalue weighted by Crippen LogP contribution is 2.18. The Bertz CT molecular complexity index is 754. The van der Waals surface area contributed by atoms with Crippen molar-refractivity contribution in [1.29, 1.82) is 5.26 Å². The van der Waals surface area contributed by atoms with Crippen LogP contribution >= 0.6 is 0 Å². The van der Waals surface area contributed by atoms with Crippen LogP contribution in [0.3, 0.4) is 0 Å². The fourth-order valence-electron chi connectivity index (χ4n) is 2.96. The summed E-state index contributed by atoms with van der Waals surface area (Å²) in [5, 5.41) is 8.88. The first-order valence-corrected chi connectivity index (χ1v) is 8.54. The first-order valence-electron chi connectivity index (χ1n) is 8.54. The number of piperazine rings is 1. The fraction of sp³-hybridized carbons (Fsp3) is 0.421. The summed E-state index contributed by atoms with van der Waals surface area (Å²) in [4.78, 5) is 16.0. The molecule has 6 heteroatoms. The zero-order valence-electron chi connectivity index (χ0n) is 15.1. The zero-order chi connectivity index (χ0) is 17.8. The highest BCUT2D eigenvalue weighted by molar-refractivity contribution is 5.45. The van der Waals surface area contributed by atoms with Gasteiger partial charge in [0.1, 0.15) is 5.82 Å². The van der Waals surface area contributed by atoms with Crippen LogP contribution in [0.15, 0.2) is 30.3 Å². The SMILES string of the molecule is Cc1cc(N(C)C)nc(N2CCN(Cc3ccc(C#N)cc3)CC2)n1. The second-order valence-corrected chi connectivity index (χ2v) is 6.63. The van der Waals surface area contributed by atoms with Crippen molar-refractivity contribution in [3.8, 4) is 6.07 Å². The van der Waals surface area contributed by atoms with Gasteiger partial charge >= 0.3 is 0 Å². The Morgan fingerprint density at radius 3 is 2.36 bits per heavy atom. The number of nitriles is 1. The number of hydrogen-bond donors (Lipinski definition) is 0. The first-order chi connectivity index (χ1) is 12.0. The molecule has 2 aromatic rings. The minimum atomic E-state index is 0.710. The van der Waals surface area contributed by atoms with Crippen molar-refractivity contribution < 1.29 is 0 Å². The van der Waals surface area contributed by atoms with E-state index in [-0.39, 0.29) is 0 Å². The Labute approximate surface area is 149 Å². The van der Waals surface area contributed by atoms with Crippen LogP contribution in [0.25, 0.3) is 0 Å². The molecule has 0 spiro atoms. The molecule has 1 aliphatic rings. The molecule has 1 fully saturated rings. The van der Waals surface area contributed by atoms with Gasteiger partial charge in [-0.25, -0.2) is 4.98 Å². The summed E-state index contributed by atoms with van der Waals surface area (Å²) in [5.74, 6) is 1.77. The molecular weight excluding hydrogens is 312 g/mol. The number of aryl methyl sites for hydroxylation is 1. The Balaban J connectivity index is 1.61. The van der Waals surface area contributed by atoms with E-state index in [1.807, 2.05) is 56.3 Å². The average Bonchev–Trinajstić information content (AvgIpc) is 2.62. The van der Waals surface area contributed by atoms with Gasteiger partial charge in [-0.15, -0.1) is 0 Å². The van der Waals surface area contributed by atoms with Crippen LogP contribution in [0.2, 0.25) is 0 Å². The van der Waals surface area contributed by atoms with Gasteiger partial charge in [-0.1, -0.05) is 12.1 Å². The predicted molar refractivity (Wildman–Crippen MR) is 99.7 cm³/mol. The van der Waals surface area contributed by atoms with E-state index in [4.69, 9.17) is 5.26 Å². The van der Waals surface area contributed by atoms with Gasteiger partial charge in [-0.05, 0) is 24.6 Å². The molecule has 0 aliphatic carbocycles. The van der Waals surface area contributed by atoms with Crippen molar-refractivity contribution in [1.82, 2.24) is 14.9 Å². The number of benzene rings is 1. The molecular formula is C19H24N6. The highest BCUT2D eigenvalue weighted by Gasteiger charge is 2.20. The summed E-state index contributed by atoms with van der Waals surface area (Å²) in [5.41, 5.74) is 2.95. The zero-order valence-corrected chi connectivity index (χ0v) is 15.1. The molecule has 1 aromatic heterocycles. The van der Waals surface area contributed by atoms with Crippen LogP contribution in [0.1, 0.15) is 16.8 Å². The van der Waals surface area contributed by atoms with Crippen LogP contribution in [-0.4, -0.2) is 55.1 Å². The summed E-state index contributed by atoms with van der Waals surface area (Å²) in [6, 6.07) is 12.0. The Morgan fingerprint density at radius 2 is 1.76 bits per heavy atom. The van der Waals surface area contributed by atoms with E-state index in [0.29, 0.717) is 5.56 Å². The third-order valence-corrected chi connectivity index (χ3v) is 4.43. The van der Waals surface area contributed by atoms with Gasteiger partial charge in [0.05, 0.1) is 11.6 Å². The van der Waals surface area contributed by atoms with Gasteiger partial charge in [0, 0.05) is 58.6 Å². The molecule has 0 saturated carbocycles. The Hall–Kier alpha value is -2.65. The van der Waals surface area contributed by atoms with Crippen molar-refractivity contribution in [3.63, 3.8) is 0 Å². The van der Waals surface area contributed by atoms with Crippen LogP contribution in [0, 0.1) is 18.3 Å². The molecule has 1 saturated heterocycles. The second kappa shape index (κ2) is 7.49. The molecule has 0 N–H and O–H groups in total. The third-order valence-electron chi connectivity index (χ3n) is 4.43. The van der Waals surface area contributed by atoms with E-state index in [0.717, 1.165) is 50.2 Å². The molecule has 0 atom stereocenters. The first kappa shape index (κ1) is 17.2. The van der Waals surface area contributed by atoms with E-state index < -0.39 is 0 Å². The maximum absolute atomic E-state index is 8.88. The average molecular weight is 336 g/mol. The number of aromatic nitrogens is 2. The minimum absolute atomic E-state index is 0.710. The molecule has 1 aliphatic heterocycles. The number of rotatable bonds is 4. The largest absolute Gasteiger partial charge is 0.363 e. The minimum Gasteiger partial charge on any atom is -0.363 e. The molecule has 3 rings (SSSR count). The highest BCUT2D eigenvalue weighted by atomic mass is 15.3. The lowest BCUT2D eigenvalue weighted by Gasteiger charge is -2.35. The van der Waals surface area contributed by atoms with Gasteiger partial charge in [-0.2, -0.15) is 10.2 Å². The summed E-state index contributed by atoms with van der Waals surface area (Å²) in [6.45, 7) is 6.74. The number of nitrogens with zero attached hydrogens (tertiary/aromatic N) is 6. The maximum atomic E-state index is 8.88. The van der Waals surface area contributed by atoms with Gasteiger partial charge in [0.15, 0.2) is 0 Å². The lowest BCUT2D eigenvalue weighted by atomic mass is 10.1. The van der Waals surface area contributed by atoms with Crippen molar-refractivity contribution in [2.75, 3.05) is 50.1 Å². The molecule has 2 heterocycles. The van der Waals surface area contributed by atoms with E-state index in [1.54, 1.807) is 0 Å². The van der Waals surface area contributed by atoms with Crippen molar-refractivity contribution >= 4 is 11.8 Å². The number of anilines is 2. The monoisotopic (exact) mass is 336 g/mol. The van der Waals surface area contributed by atoms with Gasteiger partial charge in [-0.3, -0.25) is 4.90 Å². The summed E-state index contributed by atoms with van der Waals surface area (Å²) >= 11 is 0. The molecule has 130 valence electrons. The lowest BCUT2D eigenvalue weighted by molar-refractivity contribution is 0.248. The normalized spacial score (nSPS) is 15.0. The van der Waals surface area contributed by atoms with Crippen molar-refractivity contribution in [2.24, 2.45) is 0 Å². The van der Waals surface area contributed by atoms with E-state index in [2.05, 4.69) is 25.8 Å². The molecule has 1 aromatic carbocycles. The van der Waals surface area contributed by atoms with Crippen LogP contribution in [0.5, 0.6) is 0 Å². The standard InChI is InChI=1S/C19H24N6/c1-15-12-18(23(2)3)22-19(21-15)25-10-8-24(9-11-25)14-17-6-4-16(13-20)5-7-17/h4-7,12H,8-11,14H2,1-3H3. The van der Waals surface area contributed by atoms with Crippen LogP contribution in [-0.2, 0) is 6.54 Å². The molecule has 6 nitrogen and oxygen atoms in total. The van der Waals surface area contributed by atoms with E-state index in [9.17, 15) is 0 Å². The smallest absolute Gasteiger partial charge is 0.227 e. The van der Waals surface area contributed by atoms with Gasteiger partial charge < -0.3 is 9.80 Å². The quantitative estimate of drug-likeness (QED) is 0.852. The van der Waals surface area contributed by atoms with Crippen LogP contribution < -0.4 is 9.80 Å². The molecule has 25 heavy (non-hydrogen) atoms. The maximum Gasteiger partial charge on any atom is 0.227 e. The van der Waals surface area contributed by atoms with Gasteiger partial charge in [0.2, 0.25) is 5.95 Å². The van der Waals surface area contributed by atoms with Gasteiger partial charge in [0.25, 0.3) is 0 Å².